The topological polar surface area (TPSA) is 59.3 Å². The van der Waals surface area contributed by atoms with Gasteiger partial charge >= 0.3 is 0 Å². The first kappa shape index (κ1) is 15.0. The number of rotatable bonds is 5. The third-order valence-corrected chi connectivity index (χ3v) is 3.74. The van der Waals surface area contributed by atoms with Gasteiger partial charge in [-0.15, -0.1) is 0 Å². The van der Waals surface area contributed by atoms with Crippen molar-refractivity contribution < 1.29 is 9.84 Å². The van der Waals surface area contributed by atoms with Crippen LogP contribution in [0.3, 0.4) is 0 Å². The number of hydrogen-bond acceptors (Lipinski definition) is 4. The largest absolute Gasteiger partial charge is 0.508 e. The van der Waals surface area contributed by atoms with Crippen LogP contribution in [0.1, 0.15) is 5.56 Å². The second kappa shape index (κ2) is 6.44. The number of nitrogens with zero attached hydrogens (tertiary/aromatic N) is 2. The Hall–Kier alpha value is -2.95. The molecule has 2 N–H and O–H groups in total. The highest BCUT2D eigenvalue weighted by Gasteiger charge is 2.09. The smallest absolute Gasteiger partial charge is 0.203 e. The molecule has 0 aliphatic carbocycles. The van der Waals surface area contributed by atoms with Gasteiger partial charge < -0.3 is 19.7 Å². The zero-order valence-corrected chi connectivity index (χ0v) is 13.2. The minimum Gasteiger partial charge on any atom is -0.508 e. The van der Waals surface area contributed by atoms with E-state index in [4.69, 9.17) is 4.74 Å². The second-order valence-electron chi connectivity index (χ2n) is 5.28. The van der Waals surface area contributed by atoms with Crippen molar-refractivity contribution in [1.29, 1.82) is 0 Å². The lowest BCUT2D eigenvalue weighted by Gasteiger charge is -2.09. The Morgan fingerprint density at radius 3 is 2.70 bits per heavy atom. The molecule has 3 rings (SSSR count). The van der Waals surface area contributed by atoms with Gasteiger partial charge in [0.25, 0.3) is 0 Å². The lowest BCUT2D eigenvalue weighted by molar-refractivity contribution is 0.415. The van der Waals surface area contributed by atoms with Crippen LogP contribution in [0.2, 0.25) is 0 Å². The summed E-state index contributed by atoms with van der Waals surface area (Å²) in [5.41, 5.74) is 3.14. The number of phenols is 1. The van der Waals surface area contributed by atoms with Crippen LogP contribution in [0.25, 0.3) is 11.3 Å². The Balaban J connectivity index is 1.77. The maximum absolute atomic E-state index is 9.31. The molecule has 1 heterocycles. The number of anilines is 1. The minimum absolute atomic E-state index is 0.269. The molecule has 5 nitrogen and oxygen atoms in total. The predicted octanol–water partition coefficient (Wildman–Crippen LogP) is 3.41. The van der Waals surface area contributed by atoms with Gasteiger partial charge in [0.15, 0.2) is 0 Å². The molecule has 0 unspecified atom stereocenters. The lowest BCUT2D eigenvalue weighted by atomic mass is 10.1. The summed E-state index contributed by atoms with van der Waals surface area (Å²) in [5, 5.41) is 12.6. The predicted molar refractivity (Wildman–Crippen MR) is 90.6 cm³/mol. The van der Waals surface area contributed by atoms with Gasteiger partial charge in [0, 0.05) is 19.2 Å². The van der Waals surface area contributed by atoms with Crippen LogP contribution in [0, 0.1) is 0 Å². The number of aromatic nitrogens is 2. The van der Waals surface area contributed by atoms with E-state index in [-0.39, 0.29) is 5.75 Å². The van der Waals surface area contributed by atoms with Gasteiger partial charge in [-0.05, 0) is 29.8 Å². The van der Waals surface area contributed by atoms with Gasteiger partial charge in [-0.3, -0.25) is 0 Å². The van der Waals surface area contributed by atoms with E-state index in [1.54, 1.807) is 19.2 Å². The number of nitrogens with one attached hydrogen (secondary N) is 1. The molecular formula is C18H19N3O2. The van der Waals surface area contributed by atoms with E-state index in [1.165, 1.54) is 0 Å². The van der Waals surface area contributed by atoms with Crippen LogP contribution in [0.15, 0.2) is 54.7 Å². The van der Waals surface area contributed by atoms with Crippen LogP contribution in [-0.2, 0) is 13.6 Å². The molecule has 23 heavy (non-hydrogen) atoms. The molecular weight excluding hydrogens is 290 g/mol. The van der Waals surface area contributed by atoms with Gasteiger partial charge in [-0.1, -0.05) is 24.3 Å². The van der Waals surface area contributed by atoms with Gasteiger partial charge in [-0.2, -0.15) is 0 Å². The molecule has 0 atom stereocenters. The van der Waals surface area contributed by atoms with Crippen LogP contribution < -0.4 is 10.1 Å². The van der Waals surface area contributed by atoms with Crippen LogP contribution >= 0.6 is 0 Å². The van der Waals surface area contributed by atoms with Gasteiger partial charge in [0.2, 0.25) is 5.95 Å². The number of aromatic hydroxyl groups is 1. The van der Waals surface area contributed by atoms with Crippen molar-refractivity contribution in [2.24, 2.45) is 7.05 Å². The highest BCUT2D eigenvalue weighted by molar-refractivity contribution is 5.63. The number of phenolic OH excluding ortho intramolecular Hbond substituents is 1. The average Bonchev–Trinajstić information content (AvgIpc) is 2.95. The standard InChI is InChI=1S/C18H19N3O2/c1-21-17(14-4-3-5-16(10-14)23-2)12-20-18(21)19-11-13-6-8-15(22)9-7-13/h3-10,12,22H,11H2,1-2H3,(H,19,20). The van der Waals surface area contributed by atoms with Gasteiger partial charge in [0.05, 0.1) is 19.0 Å². The molecule has 0 radical (unpaired) electrons. The first-order valence-corrected chi connectivity index (χ1v) is 7.35. The normalized spacial score (nSPS) is 10.5. The average molecular weight is 309 g/mol. The molecule has 0 bridgehead atoms. The summed E-state index contributed by atoms with van der Waals surface area (Å²) < 4.78 is 7.28. The first-order valence-electron chi connectivity index (χ1n) is 7.35. The third kappa shape index (κ3) is 3.29. The van der Waals surface area contributed by atoms with Crippen molar-refractivity contribution in [3.8, 4) is 22.8 Å². The summed E-state index contributed by atoms with van der Waals surface area (Å²) in [5.74, 6) is 1.88. The Kier molecular flexibility index (Phi) is 4.19. The van der Waals surface area contributed by atoms with Crippen LogP contribution in [0.5, 0.6) is 11.5 Å². The summed E-state index contributed by atoms with van der Waals surface area (Å²) in [4.78, 5) is 4.44. The number of ether oxygens (including phenoxy) is 1. The number of hydrogen-bond donors (Lipinski definition) is 2. The highest BCUT2D eigenvalue weighted by Crippen LogP contribution is 2.25. The maximum atomic E-state index is 9.31. The van der Waals surface area contributed by atoms with Crippen LogP contribution in [-0.4, -0.2) is 21.8 Å². The summed E-state index contributed by atoms with van der Waals surface area (Å²) in [6.07, 6.45) is 1.84. The van der Waals surface area contributed by atoms with E-state index in [9.17, 15) is 5.11 Å². The molecule has 3 aromatic rings. The van der Waals surface area contributed by atoms with E-state index in [1.807, 2.05) is 54.2 Å². The van der Waals surface area contributed by atoms with Crippen molar-refractivity contribution in [3.63, 3.8) is 0 Å². The molecule has 5 heteroatoms. The van der Waals surface area contributed by atoms with E-state index in [0.29, 0.717) is 6.54 Å². The minimum atomic E-state index is 0.269. The molecule has 0 saturated heterocycles. The fraction of sp³-hybridized carbons (Fsp3) is 0.167. The van der Waals surface area contributed by atoms with Gasteiger partial charge in [0.1, 0.15) is 11.5 Å². The van der Waals surface area contributed by atoms with E-state index in [2.05, 4.69) is 10.3 Å². The molecule has 0 amide bonds. The Bertz CT molecular complexity index is 794. The number of methoxy groups -OCH3 is 1. The highest BCUT2D eigenvalue weighted by atomic mass is 16.5. The quantitative estimate of drug-likeness (QED) is 0.758. The van der Waals surface area contributed by atoms with Crippen molar-refractivity contribution in [3.05, 3.63) is 60.3 Å². The molecule has 1 aromatic heterocycles. The molecule has 0 aliphatic rings. The van der Waals surface area contributed by atoms with Crippen LogP contribution in [0.4, 0.5) is 5.95 Å². The summed E-state index contributed by atoms with van der Waals surface area (Å²) in [6.45, 7) is 0.642. The summed E-state index contributed by atoms with van der Waals surface area (Å²) in [6, 6.07) is 15.0. The maximum Gasteiger partial charge on any atom is 0.203 e. The zero-order chi connectivity index (χ0) is 16.2. The van der Waals surface area contributed by atoms with Gasteiger partial charge in [-0.25, -0.2) is 4.98 Å². The van der Waals surface area contributed by atoms with Crippen molar-refractivity contribution in [1.82, 2.24) is 9.55 Å². The molecule has 0 aliphatic heterocycles. The monoisotopic (exact) mass is 309 g/mol. The molecule has 2 aromatic carbocycles. The molecule has 0 saturated carbocycles. The molecule has 0 fully saturated rings. The lowest BCUT2D eigenvalue weighted by Crippen LogP contribution is -2.05. The Labute approximate surface area is 135 Å². The van der Waals surface area contributed by atoms with E-state index in [0.717, 1.165) is 28.5 Å². The fourth-order valence-corrected chi connectivity index (χ4v) is 2.42. The first-order chi connectivity index (χ1) is 11.2. The second-order valence-corrected chi connectivity index (χ2v) is 5.28. The summed E-state index contributed by atoms with van der Waals surface area (Å²) in [7, 11) is 3.63. The number of imidazole rings is 1. The number of benzene rings is 2. The third-order valence-electron chi connectivity index (χ3n) is 3.74. The van der Waals surface area contributed by atoms with Crippen molar-refractivity contribution in [2.75, 3.05) is 12.4 Å². The summed E-state index contributed by atoms with van der Waals surface area (Å²) >= 11 is 0. The molecule has 0 spiro atoms. The Morgan fingerprint density at radius 2 is 1.96 bits per heavy atom. The fourth-order valence-electron chi connectivity index (χ4n) is 2.42. The zero-order valence-electron chi connectivity index (χ0n) is 13.2. The van der Waals surface area contributed by atoms with Crippen molar-refractivity contribution in [2.45, 2.75) is 6.54 Å². The SMILES string of the molecule is COc1cccc(-c2cnc(NCc3ccc(O)cc3)n2C)c1. The Morgan fingerprint density at radius 1 is 1.17 bits per heavy atom. The van der Waals surface area contributed by atoms with E-state index < -0.39 is 0 Å². The van der Waals surface area contributed by atoms with E-state index >= 15 is 0 Å². The van der Waals surface area contributed by atoms with Crippen molar-refractivity contribution >= 4 is 5.95 Å². The molecule has 118 valence electrons.